The summed E-state index contributed by atoms with van der Waals surface area (Å²) in [6.45, 7) is -0.926. The molecule has 0 unspecified atom stereocenters. The second-order valence-corrected chi connectivity index (χ2v) is 3.40. The molecule has 0 saturated carbocycles. The van der Waals surface area contributed by atoms with Crippen molar-refractivity contribution in [3.05, 3.63) is 35.4 Å². The fourth-order valence-corrected chi connectivity index (χ4v) is 1.20. The molecule has 0 bridgehead atoms. The van der Waals surface area contributed by atoms with Gasteiger partial charge in [-0.05, 0) is 5.56 Å². The van der Waals surface area contributed by atoms with Gasteiger partial charge >= 0.3 is 6.18 Å². The molecule has 0 aromatic heterocycles. The summed E-state index contributed by atoms with van der Waals surface area (Å²) in [5.74, 6) is -0.0419. The molecule has 4 N–H and O–H groups in total. The molecule has 0 saturated heterocycles. The third-order valence-corrected chi connectivity index (χ3v) is 2.01. The first-order valence-electron chi connectivity index (χ1n) is 4.76. The number of alkyl halides is 3. The van der Waals surface area contributed by atoms with Crippen molar-refractivity contribution in [1.29, 1.82) is 0 Å². The zero-order valence-electron chi connectivity index (χ0n) is 8.83. The number of amidine groups is 1. The van der Waals surface area contributed by atoms with E-state index in [1.165, 1.54) is 0 Å². The number of rotatable bonds is 4. The Bertz CT molecular complexity index is 387. The molecule has 0 spiro atoms. The molecule has 0 aliphatic rings. The number of nitrogens with zero attached hydrogens (tertiary/aromatic N) is 1. The third kappa shape index (κ3) is 4.73. The molecule has 0 heterocycles. The van der Waals surface area contributed by atoms with Crippen molar-refractivity contribution in [2.24, 2.45) is 10.9 Å². The minimum atomic E-state index is -4.21. The van der Waals surface area contributed by atoms with Gasteiger partial charge in [-0.25, -0.2) is 0 Å². The zero-order valence-corrected chi connectivity index (χ0v) is 8.83. The van der Waals surface area contributed by atoms with Crippen LogP contribution in [0.5, 0.6) is 0 Å². The first-order chi connectivity index (χ1) is 7.92. The molecule has 0 aliphatic carbocycles. The van der Waals surface area contributed by atoms with Crippen molar-refractivity contribution in [3.63, 3.8) is 0 Å². The second-order valence-electron chi connectivity index (χ2n) is 3.40. The number of hydrogen-bond donors (Lipinski definition) is 3. The quantitative estimate of drug-likeness (QED) is 0.326. The molecule has 94 valence electrons. The van der Waals surface area contributed by atoms with Gasteiger partial charge < -0.3 is 16.3 Å². The largest absolute Gasteiger partial charge is 0.409 e. The lowest BCUT2D eigenvalue weighted by molar-refractivity contribution is -0.125. The Balaban J connectivity index is 2.52. The molecular weight excluding hydrogens is 235 g/mol. The Morgan fingerprint density at radius 3 is 2.35 bits per heavy atom. The maximum absolute atomic E-state index is 11.9. The van der Waals surface area contributed by atoms with Crippen LogP contribution in [-0.2, 0) is 6.54 Å². The molecule has 17 heavy (non-hydrogen) atoms. The van der Waals surface area contributed by atoms with E-state index in [0.717, 1.165) is 0 Å². The van der Waals surface area contributed by atoms with E-state index in [1.807, 2.05) is 0 Å². The molecule has 1 rings (SSSR count). The lowest BCUT2D eigenvalue weighted by atomic mass is 10.1. The van der Waals surface area contributed by atoms with Gasteiger partial charge in [0, 0.05) is 12.1 Å². The average Bonchev–Trinajstić information content (AvgIpc) is 2.27. The average molecular weight is 247 g/mol. The van der Waals surface area contributed by atoms with Gasteiger partial charge in [0.25, 0.3) is 0 Å². The number of halogens is 3. The molecule has 0 radical (unpaired) electrons. The lowest BCUT2D eigenvalue weighted by Gasteiger charge is -2.08. The van der Waals surface area contributed by atoms with Gasteiger partial charge in [0.05, 0.1) is 6.54 Å². The van der Waals surface area contributed by atoms with Crippen LogP contribution >= 0.6 is 0 Å². The molecule has 0 fully saturated rings. The van der Waals surface area contributed by atoms with E-state index >= 15 is 0 Å². The van der Waals surface area contributed by atoms with Gasteiger partial charge in [-0.15, -0.1) is 0 Å². The molecule has 1 aromatic rings. The molecule has 7 heteroatoms. The van der Waals surface area contributed by atoms with Crippen LogP contribution in [0.4, 0.5) is 13.2 Å². The molecule has 4 nitrogen and oxygen atoms in total. The molecule has 1 aromatic carbocycles. The summed E-state index contributed by atoms with van der Waals surface area (Å²) in [7, 11) is 0. The minimum absolute atomic E-state index is 0.0419. The summed E-state index contributed by atoms with van der Waals surface area (Å²) in [6, 6.07) is 6.35. The van der Waals surface area contributed by atoms with Crippen molar-refractivity contribution < 1.29 is 18.4 Å². The van der Waals surface area contributed by atoms with Crippen LogP contribution in [0.2, 0.25) is 0 Å². The van der Waals surface area contributed by atoms with E-state index in [4.69, 9.17) is 10.9 Å². The monoisotopic (exact) mass is 247 g/mol. The summed E-state index contributed by atoms with van der Waals surface area (Å²) in [6.07, 6.45) is -4.21. The summed E-state index contributed by atoms with van der Waals surface area (Å²) in [5, 5.41) is 13.5. The van der Waals surface area contributed by atoms with Crippen molar-refractivity contribution >= 4 is 5.84 Å². The highest BCUT2D eigenvalue weighted by Gasteiger charge is 2.25. The number of oxime groups is 1. The lowest BCUT2D eigenvalue weighted by Crippen LogP contribution is -2.28. The van der Waals surface area contributed by atoms with Crippen LogP contribution in [0.3, 0.4) is 0 Å². The Labute approximate surface area is 95.9 Å². The van der Waals surface area contributed by atoms with Crippen LogP contribution in [0.15, 0.2) is 29.4 Å². The van der Waals surface area contributed by atoms with E-state index in [-0.39, 0.29) is 12.4 Å². The van der Waals surface area contributed by atoms with Crippen LogP contribution < -0.4 is 11.1 Å². The predicted molar refractivity (Wildman–Crippen MR) is 56.7 cm³/mol. The van der Waals surface area contributed by atoms with Crippen LogP contribution in [0.25, 0.3) is 0 Å². The van der Waals surface area contributed by atoms with E-state index in [0.29, 0.717) is 11.1 Å². The first-order valence-corrected chi connectivity index (χ1v) is 4.76. The number of nitrogens with one attached hydrogen (secondary N) is 1. The Kier molecular flexibility index (Phi) is 4.33. The molecular formula is C10H12F3N3O. The Morgan fingerprint density at radius 1 is 1.29 bits per heavy atom. The van der Waals surface area contributed by atoms with Gasteiger partial charge in [-0.1, -0.05) is 29.4 Å². The van der Waals surface area contributed by atoms with Gasteiger partial charge in [0.2, 0.25) is 0 Å². The van der Waals surface area contributed by atoms with Gasteiger partial charge in [-0.3, -0.25) is 0 Å². The third-order valence-electron chi connectivity index (χ3n) is 2.01. The van der Waals surface area contributed by atoms with Crippen LogP contribution in [0.1, 0.15) is 11.1 Å². The maximum Gasteiger partial charge on any atom is 0.401 e. The predicted octanol–water partition coefficient (Wildman–Crippen LogP) is 1.43. The summed E-state index contributed by atoms with van der Waals surface area (Å²) >= 11 is 0. The Hall–Kier alpha value is -1.76. The zero-order chi connectivity index (χ0) is 12.9. The van der Waals surface area contributed by atoms with E-state index in [1.54, 1.807) is 24.3 Å². The van der Waals surface area contributed by atoms with Gasteiger partial charge in [0.15, 0.2) is 5.84 Å². The highest BCUT2D eigenvalue weighted by molar-refractivity contribution is 5.96. The standard InChI is InChI=1S/C10H12F3N3O/c11-10(12,13)6-15-5-7-1-3-8(4-2-7)9(14)16-17/h1-4,15,17H,5-6H2,(H2,14,16). The summed E-state index contributed by atoms with van der Waals surface area (Å²) < 4.78 is 35.6. The molecule has 0 amide bonds. The fourth-order valence-electron chi connectivity index (χ4n) is 1.20. The van der Waals surface area contributed by atoms with E-state index < -0.39 is 12.7 Å². The smallest absolute Gasteiger partial charge is 0.401 e. The molecule has 0 atom stereocenters. The normalized spacial score (nSPS) is 12.8. The minimum Gasteiger partial charge on any atom is -0.409 e. The number of benzene rings is 1. The highest BCUT2D eigenvalue weighted by Crippen LogP contribution is 2.12. The van der Waals surface area contributed by atoms with Crippen molar-refractivity contribution in [3.8, 4) is 0 Å². The first kappa shape index (κ1) is 13.3. The van der Waals surface area contributed by atoms with E-state index in [9.17, 15) is 13.2 Å². The fraction of sp³-hybridized carbons (Fsp3) is 0.300. The summed E-state index contributed by atoms with van der Waals surface area (Å²) in [4.78, 5) is 0. The Morgan fingerprint density at radius 2 is 1.88 bits per heavy atom. The van der Waals surface area contributed by atoms with Gasteiger partial charge in [-0.2, -0.15) is 13.2 Å². The highest BCUT2D eigenvalue weighted by atomic mass is 19.4. The van der Waals surface area contributed by atoms with Crippen molar-refractivity contribution in [1.82, 2.24) is 5.32 Å². The van der Waals surface area contributed by atoms with Crippen molar-refractivity contribution in [2.75, 3.05) is 6.54 Å². The number of nitrogens with two attached hydrogens (primary N) is 1. The van der Waals surface area contributed by atoms with Gasteiger partial charge in [0.1, 0.15) is 0 Å². The van der Waals surface area contributed by atoms with Crippen molar-refractivity contribution in [2.45, 2.75) is 12.7 Å². The molecule has 0 aliphatic heterocycles. The summed E-state index contributed by atoms with van der Waals surface area (Å²) in [5.41, 5.74) is 6.53. The van der Waals surface area contributed by atoms with E-state index in [2.05, 4.69) is 10.5 Å². The number of hydrogen-bond acceptors (Lipinski definition) is 3. The SMILES string of the molecule is NC(=NO)c1ccc(CNCC(F)(F)F)cc1. The topological polar surface area (TPSA) is 70.6 Å². The maximum atomic E-state index is 11.9. The van der Waals surface area contributed by atoms with Crippen LogP contribution in [0, 0.1) is 0 Å². The second kappa shape index (κ2) is 5.53. The van der Waals surface area contributed by atoms with Crippen LogP contribution in [-0.4, -0.2) is 23.8 Å².